The number of rotatable bonds is 4. The zero-order chi connectivity index (χ0) is 23.3. The fourth-order valence-electron chi connectivity index (χ4n) is 4.61. The van der Waals surface area contributed by atoms with Gasteiger partial charge in [0, 0.05) is 59.1 Å². The molecule has 5 rings (SSSR count). The molecule has 0 bridgehead atoms. The van der Waals surface area contributed by atoms with Gasteiger partial charge in [0.2, 0.25) is 5.91 Å². The molecule has 4 aromatic rings. The first-order chi connectivity index (χ1) is 15.8. The monoisotopic (exact) mass is 448 g/mol. The summed E-state index contributed by atoms with van der Waals surface area (Å²) in [5.41, 5.74) is 4.72. The van der Waals surface area contributed by atoms with Crippen molar-refractivity contribution in [2.45, 2.75) is 18.9 Å². The van der Waals surface area contributed by atoms with Gasteiger partial charge in [-0.1, -0.05) is 0 Å². The van der Waals surface area contributed by atoms with Crippen LogP contribution >= 0.6 is 0 Å². The molecule has 4 aromatic heterocycles. The van der Waals surface area contributed by atoms with Crippen LogP contribution in [0.2, 0.25) is 0 Å². The standard InChI is InChI=1S/C23H28N8O2/c1-27(2)20(32)14-30-9-7-16(8-10-30)31-22-19(29(4)23(31)33)12-24-18-6-5-17(26-21(18)22)15-11-25-28(3)13-15/h5-6,11-13,16H,7-10,14H2,1-4H3. The van der Waals surface area contributed by atoms with E-state index < -0.39 is 0 Å². The molecule has 0 saturated carbocycles. The topological polar surface area (TPSA) is 94.1 Å². The molecule has 0 N–H and O–H groups in total. The number of imidazole rings is 1. The highest BCUT2D eigenvalue weighted by Gasteiger charge is 2.27. The van der Waals surface area contributed by atoms with Crippen LogP contribution < -0.4 is 5.69 Å². The Morgan fingerprint density at radius 1 is 1.15 bits per heavy atom. The lowest BCUT2D eigenvalue weighted by molar-refractivity contribution is -0.130. The normalized spacial score (nSPS) is 15.5. The molecule has 1 fully saturated rings. The van der Waals surface area contributed by atoms with Crippen LogP contribution in [-0.4, -0.2) is 78.3 Å². The Hall–Kier alpha value is -3.53. The number of pyridine rings is 2. The summed E-state index contributed by atoms with van der Waals surface area (Å²) in [7, 11) is 7.20. The quantitative estimate of drug-likeness (QED) is 0.469. The number of aromatic nitrogens is 6. The molecule has 0 unspecified atom stereocenters. The molecule has 0 aliphatic carbocycles. The van der Waals surface area contributed by atoms with E-state index in [0.29, 0.717) is 6.54 Å². The maximum atomic E-state index is 13.3. The summed E-state index contributed by atoms with van der Waals surface area (Å²) in [5.74, 6) is 0.0972. The second kappa shape index (κ2) is 8.11. The number of amides is 1. The minimum atomic E-state index is -0.0595. The van der Waals surface area contributed by atoms with Gasteiger partial charge in [-0.2, -0.15) is 5.10 Å². The third-order valence-corrected chi connectivity index (χ3v) is 6.54. The molecule has 10 nitrogen and oxygen atoms in total. The van der Waals surface area contributed by atoms with Gasteiger partial charge in [0.25, 0.3) is 0 Å². The van der Waals surface area contributed by atoms with Crippen LogP contribution in [0, 0.1) is 0 Å². The molecular weight excluding hydrogens is 420 g/mol. The van der Waals surface area contributed by atoms with Gasteiger partial charge in [-0.3, -0.25) is 28.5 Å². The van der Waals surface area contributed by atoms with E-state index in [-0.39, 0.29) is 17.6 Å². The largest absolute Gasteiger partial charge is 0.348 e. The van der Waals surface area contributed by atoms with Crippen LogP contribution in [0.5, 0.6) is 0 Å². The van der Waals surface area contributed by atoms with Gasteiger partial charge in [-0.05, 0) is 25.0 Å². The number of likely N-dealkylation sites (N-methyl/N-ethyl adjacent to an activating group) is 1. The van der Waals surface area contributed by atoms with Crippen molar-refractivity contribution in [3.8, 4) is 11.3 Å². The van der Waals surface area contributed by atoms with E-state index in [1.807, 2.05) is 29.9 Å². The van der Waals surface area contributed by atoms with Crippen LogP contribution in [0.1, 0.15) is 18.9 Å². The number of aryl methyl sites for hydroxylation is 2. The Kier molecular flexibility index (Phi) is 5.24. The molecule has 172 valence electrons. The smallest absolute Gasteiger partial charge is 0.329 e. The summed E-state index contributed by atoms with van der Waals surface area (Å²) >= 11 is 0. The highest BCUT2D eigenvalue weighted by atomic mass is 16.2. The lowest BCUT2D eigenvalue weighted by Crippen LogP contribution is -2.42. The number of piperidine rings is 1. The Balaban J connectivity index is 1.56. The molecule has 0 aromatic carbocycles. The fourth-order valence-corrected chi connectivity index (χ4v) is 4.61. The number of hydrogen-bond donors (Lipinski definition) is 0. The van der Waals surface area contributed by atoms with E-state index in [1.165, 1.54) is 0 Å². The minimum Gasteiger partial charge on any atom is -0.348 e. The highest BCUT2D eigenvalue weighted by Crippen LogP contribution is 2.30. The first-order valence-electron chi connectivity index (χ1n) is 11.1. The van der Waals surface area contributed by atoms with Gasteiger partial charge < -0.3 is 4.90 Å². The van der Waals surface area contributed by atoms with Crippen LogP contribution in [0.15, 0.2) is 35.5 Å². The SMILES string of the molecule is CN(C)C(=O)CN1CCC(n2c(=O)n(C)c3cnc4ccc(-c5cnn(C)c5)nc4c32)CC1. The molecule has 0 radical (unpaired) electrons. The lowest BCUT2D eigenvalue weighted by Gasteiger charge is -2.32. The molecule has 1 aliphatic rings. The molecule has 0 atom stereocenters. The Morgan fingerprint density at radius 2 is 1.91 bits per heavy atom. The maximum Gasteiger partial charge on any atom is 0.329 e. The van der Waals surface area contributed by atoms with E-state index in [4.69, 9.17) is 4.98 Å². The Bertz CT molecular complexity index is 1410. The van der Waals surface area contributed by atoms with Crippen molar-refractivity contribution in [1.29, 1.82) is 0 Å². The van der Waals surface area contributed by atoms with Crippen LogP contribution in [-0.2, 0) is 18.9 Å². The summed E-state index contributed by atoms with van der Waals surface area (Å²) in [6.45, 7) is 1.95. The third-order valence-electron chi connectivity index (χ3n) is 6.54. The minimum absolute atomic E-state index is 0.0429. The fraction of sp³-hybridized carbons (Fsp3) is 0.435. The van der Waals surface area contributed by atoms with Crippen molar-refractivity contribution in [3.05, 3.63) is 41.2 Å². The van der Waals surface area contributed by atoms with E-state index in [1.54, 1.807) is 47.7 Å². The van der Waals surface area contributed by atoms with Crippen molar-refractivity contribution in [1.82, 2.24) is 38.7 Å². The van der Waals surface area contributed by atoms with E-state index in [2.05, 4.69) is 15.0 Å². The van der Waals surface area contributed by atoms with Crippen molar-refractivity contribution in [3.63, 3.8) is 0 Å². The van der Waals surface area contributed by atoms with Crippen molar-refractivity contribution < 1.29 is 4.79 Å². The predicted molar refractivity (Wildman–Crippen MR) is 126 cm³/mol. The van der Waals surface area contributed by atoms with E-state index >= 15 is 0 Å². The summed E-state index contributed by atoms with van der Waals surface area (Å²) in [6, 6.07) is 3.92. The zero-order valence-corrected chi connectivity index (χ0v) is 19.4. The average Bonchev–Trinajstić information content (AvgIpc) is 3.35. The highest BCUT2D eigenvalue weighted by molar-refractivity contribution is 6.00. The van der Waals surface area contributed by atoms with Gasteiger partial charge in [0.05, 0.1) is 41.2 Å². The molecule has 1 aliphatic heterocycles. The number of fused-ring (bicyclic) bond motifs is 3. The maximum absolute atomic E-state index is 13.3. The second-order valence-electron chi connectivity index (χ2n) is 8.97. The molecular formula is C23H28N8O2. The van der Waals surface area contributed by atoms with Crippen LogP contribution in [0.4, 0.5) is 0 Å². The molecule has 0 spiro atoms. The third kappa shape index (κ3) is 3.70. The first kappa shape index (κ1) is 21.3. The molecule has 10 heteroatoms. The van der Waals surface area contributed by atoms with Crippen molar-refractivity contribution in [2.24, 2.45) is 14.1 Å². The number of hydrogen-bond acceptors (Lipinski definition) is 6. The number of likely N-dealkylation sites (tertiary alicyclic amines) is 1. The summed E-state index contributed by atoms with van der Waals surface area (Å²) < 4.78 is 5.29. The molecule has 1 saturated heterocycles. The number of carbonyl (C=O) groups is 1. The van der Waals surface area contributed by atoms with Gasteiger partial charge >= 0.3 is 5.69 Å². The van der Waals surface area contributed by atoms with Gasteiger partial charge in [-0.25, -0.2) is 9.78 Å². The first-order valence-corrected chi connectivity index (χ1v) is 11.1. The lowest BCUT2D eigenvalue weighted by atomic mass is 10.0. The van der Waals surface area contributed by atoms with Gasteiger partial charge in [0.1, 0.15) is 5.52 Å². The Labute approximate surface area is 191 Å². The van der Waals surface area contributed by atoms with E-state index in [9.17, 15) is 9.59 Å². The number of nitrogens with zero attached hydrogens (tertiary/aromatic N) is 8. The molecule has 5 heterocycles. The van der Waals surface area contributed by atoms with Gasteiger partial charge in [0.15, 0.2) is 0 Å². The van der Waals surface area contributed by atoms with Crippen LogP contribution in [0.3, 0.4) is 0 Å². The molecule has 1 amide bonds. The predicted octanol–water partition coefficient (Wildman–Crippen LogP) is 1.41. The van der Waals surface area contributed by atoms with Crippen molar-refractivity contribution in [2.75, 3.05) is 33.7 Å². The summed E-state index contributed by atoms with van der Waals surface area (Å²) in [6.07, 6.45) is 7.05. The van der Waals surface area contributed by atoms with Crippen LogP contribution in [0.25, 0.3) is 33.3 Å². The number of carbonyl (C=O) groups excluding carboxylic acids is 1. The summed E-state index contributed by atoms with van der Waals surface area (Å²) in [4.78, 5) is 38.7. The van der Waals surface area contributed by atoms with E-state index in [0.717, 1.165) is 59.3 Å². The second-order valence-corrected chi connectivity index (χ2v) is 8.97. The summed E-state index contributed by atoms with van der Waals surface area (Å²) in [5, 5.41) is 4.25. The van der Waals surface area contributed by atoms with Gasteiger partial charge in [-0.15, -0.1) is 0 Å². The van der Waals surface area contributed by atoms with Crippen molar-refractivity contribution >= 4 is 28.0 Å². The Morgan fingerprint density at radius 3 is 2.58 bits per heavy atom. The zero-order valence-electron chi connectivity index (χ0n) is 19.4. The average molecular weight is 449 g/mol. The molecule has 33 heavy (non-hydrogen) atoms.